The summed E-state index contributed by atoms with van der Waals surface area (Å²) in [6.45, 7) is 3.86. The Hall–Kier alpha value is -4.39. The van der Waals surface area contributed by atoms with Gasteiger partial charge in [0.2, 0.25) is 6.41 Å². The molecule has 1 aliphatic heterocycles. The lowest BCUT2D eigenvalue weighted by Crippen LogP contribution is -2.42. The van der Waals surface area contributed by atoms with Gasteiger partial charge in [-0.25, -0.2) is 4.79 Å². The van der Waals surface area contributed by atoms with Crippen molar-refractivity contribution < 1.29 is 14.3 Å². The van der Waals surface area contributed by atoms with E-state index < -0.39 is 11.9 Å². The minimum absolute atomic E-state index is 0.248. The summed E-state index contributed by atoms with van der Waals surface area (Å²) in [5.41, 5.74) is 4.23. The van der Waals surface area contributed by atoms with E-state index >= 15 is 0 Å². The smallest absolute Gasteiger partial charge is 0.336 e. The highest BCUT2D eigenvalue weighted by Gasteiger charge is 2.39. The van der Waals surface area contributed by atoms with Crippen LogP contribution in [-0.4, -0.2) is 31.9 Å². The maximum absolute atomic E-state index is 13.3. The normalized spacial score (nSPS) is 17.6. The molecule has 1 amide bonds. The lowest BCUT2D eigenvalue weighted by molar-refractivity contribution is -0.138. The number of carbonyl (C=O) groups is 2. The van der Waals surface area contributed by atoms with Gasteiger partial charge in [-0.1, -0.05) is 60.7 Å². The van der Waals surface area contributed by atoms with Crippen LogP contribution in [0.25, 0.3) is 0 Å². The summed E-state index contributed by atoms with van der Waals surface area (Å²) in [5.74, 6) is 0.116. The van der Waals surface area contributed by atoms with E-state index in [0.29, 0.717) is 34.2 Å². The summed E-state index contributed by atoms with van der Waals surface area (Å²) in [5, 5.41) is 6.80. The van der Waals surface area contributed by atoms with Crippen molar-refractivity contribution in [2.24, 2.45) is 4.99 Å². The molecule has 4 rings (SSSR count). The van der Waals surface area contributed by atoms with Crippen molar-refractivity contribution in [2.45, 2.75) is 32.6 Å². The van der Waals surface area contributed by atoms with Gasteiger partial charge in [0.15, 0.2) is 0 Å². The van der Waals surface area contributed by atoms with Gasteiger partial charge in [-0.3, -0.25) is 14.7 Å². The van der Waals surface area contributed by atoms with E-state index in [1.165, 1.54) is 0 Å². The second-order valence-electron chi connectivity index (χ2n) is 8.64. The number of rotatable bonds is 8. The molecule has 1 unspecified atom stereocenters. The second-order valence-corrected chi connectivity index (χ2v) is 8.64. The van der Waals surface area contributed by atoms with Crippen molar-refractivity contribution >= 4 is 23.9 Å². The van der Waals surface area contributed by atoms with Crippen molar-refractivity contribution in [3.8, 4) is 0 Å². The first kappa shape index (κ1) is 25.7. The fourth-order valence-electron chi connectivity index (χ4n) is 4.63. The van der Waals surface area contributed by atoms with E-state index in [4.69, 9.17) is 4.74 Å². The lowest BCUT2D eigenvalue weighted by atomic mass is 9.80. The lowest BCUT2D eigenvalue weighted by Gasteiger charge is -2.36. The highest BCUT2D eigenvalue weighted by atomic mass is 16.5. The number of allylic oxidation sites excluding steroid dienone is 4. The number of hydrogen-bond acceptors (Lipinski definition) is 5. The first-order valence-electron chi connectivity index (χ1n) is 12.4. The molecule has 0 spiro atoms. The number of amidine groups is 1. The van der Waals surface area contributed by atoms with Gasteiger partial charge in [-0.2, -0.15) is 0 Å². The van der Waals surface area contributed by atoms with Crippen LogP contribution in [0.4, 0.5) is 5.69 Å². The van der Waals surface area contributed by atoms with Gasteiger partial charge < -0.3 is 15.4 Å². The summed E-state index contributed by atoms with van der Waals surface area (Å²) < 4.78 is 5.50. The van der Waals surface area contributed by atoms with E-state index in [2.05, 4.69) is 27.8 Å². The van der Waals surface area contributed by atoms with Crippen LogP contribution >= 0.6 is 0 Å². The van der Waals surface area contributed by atoms with Crippen LogP contribution in [0.2, 0.25) is 0 Å². The van der Waals surface area contributed by atoms with Crippen LogP contribution in [0.1, 0.15) is 38.2 Å². The number of nitrogens with zero attached hydrogens (tertiary/aromatic N) is 2. The van der Waals surface area contributed by atoms with Gasteiger partial charge in [0, 0.05) is 24.0 Å². The molecule has 7 heteroatoms. The molecule has 2 aromatic rings. The Morgan fingerprint density at radius 2 is 1.81 bits per heavy atom. The van der Waals surface area contributed by atoms with Gasteiger partial charge in [0.25, 0.3) is 0 Å². The number of ether oxygens (including phenoxy) is 1. The van der Waals surface area contributed by atoms with Crippen molar-refractivity contribution in [2.75, 3.05) is 18.6 Å². The van der Waals surface area contributed by atoms with Gasteiger partial charge in [-0.05, 0) is 50.5 Å². The Labute approximate surface area is 217 Å². The molecular formula is C30H32N4O3. The average Bonchev–Trinajstić information content (AvgIpc) is 2.94. The maximum atomic E-state index is 13.3. The maximum Gasteiger partial charge on any atom is 0.336 e. The summed E-state index contributed by atoms with van der Waals surface area (Å²) in [6, 6.07) is 19.1. The van der Waals surface area contributed by atoms with Gasteiger partial charge in [0.05, 0.1) is 23.8 Å². The monoisotopic (exact) mass is 496 g/mol. The van der Waals surface area contributed by atoms with Crippen LogP contribution in [0.3, 0.4) is 0 Å². The molecule has 0 bridgehead atoms. The van der Waals surface area contributed by atoms with Crippen LogP contribution in [0, 0.1) is 0 Å². The molecule has 2 aromatic carbocycles. The van der Waals surface area contributed by atoms with Crippen LogP contribution in [0.5, 0.6) is 0 Å². The van der Waals surface area contributed by atoms with Gasteiger partial charge in [-0.15, -0.1) is 0 Å². The molecule has 37 heavy (non-hydrogen) atoms. The predicted octanol–water partition coefficient (Wildman–Crippen LogP) is 4.94. The molecule has 0 saturated heterocycles. The van der Waals surface area contributed by atoms with E-state index in [1.807, 2.05) is 73.7 Å². The topological polar surface area (TPSA) is 83.0 Å². The standard InChI is InChI=1S/C30H32N4O3/c1-4-37-30(36)25-21(2)32-29(34(20-35)24-18-12-7-13-19-24)27(26(25)22-14-8-5-9-15-22)28(31-3)33-23-16-10-6-11-17-23/h5,7-10,12-20,26,32H,4,6,11H2,1-3H3,(H,31,33). The molecule has 1 atom stereocenters. The number of anilines is 1. The largest absolute Gasteiger partial charge is 0.463 e. The zero-order valence-electron chi connectivity index (χ0n) is 21.4. The molecule has 0 fully saturated rings. The number of nitrogens with one attached hydrogen (secondary N) is 2. The number of esters is 1. The Morgan fingerprint density at radius 1 is 1.11 bits per heavy atom. The summed E-state index contributed by atoms with van der Waals surface area (Å²) in [4.78, 5) is 32.1. The van der Waals surface area contributed by atoms with Crippen LogP contribution < -0.4 is 15.5 Å². The van der Waals surface area contributed by atoms with Crippen LogP contribution in [-0.2, 0) is 14.3 Å². The van der Waals surface area contributed by atoms with Gasteiger partial charge >= 0.3 is 5.97 Å². The zero-order chi connectivity index (χ0) is 26.2. The molecule has 1 aliphatic carbocycles. The Bertz CT molecular complexity index is 1290. The summed E-state index contributed by atoms with van der Waals surface area (Å²) in [7, 11) is 1.70. The van der Waals surface area contributed by atoms with Crippen molar-refractivity contribution in [1.29, 1.82) is 0 Å². The Kier molecular flexibility index (Phi) is 8.36. The molecule has 0 radical (unpaired) electrons. The first-order valence-corrected chi connectivity index (χ1v) is 12.4. The predicted molar refractivity (Wildman–Crippen MR) is 147 cm³/mol. The minimum Gasteiger partial charge on any atom is -0.463 e. The van der Waals surface area contributed by atoms with Crippen molar-refractivity contribution in [1.82, 2.24) is 10.6 Å². The quantitative estimate of drug-likeness (QED) is 0.234. The van der Waals surface area contributed by atoms with E-state index in [9.17, 15) is 9.59 Å². The fourth-order valence-corrected chi connectivity index (χ4v) is 4.63. The van der Waals surface area contributed by atoms with Crippen LogP contribution in [0.15, 0.2) is 112 Å². The van der Waals surface area contributed by atoms with Crippen molar-refractivity contribution in [3.63, 3.8) is 0 Å². The van der Waals surface area contributed by atoms with E-state index in [-0.39, 0.29) is 6.61 Å². The molecule has 0 aromatic heterocycles. The number of benzene rings is 2. The Morgan fingerprint density at radius 3 is 2.41 bits per heavy atom. The molecular weight excluding hydrogens is 464 g/mol. The molecule has 190 valence electrons. The number of para-hydroxylation sites is 1. The summed E-state index contributed by atoms with van der Waals surface area (Å²) in [6.07, 6.45) is 8.91. The Balaban J connectivity index is 1.97. The molecule has 2 aliphatic rings. The number of dihydropyridines is 1. The highest BCUT2D eigenvalue weighted by Crippen LogP contribution is 2.40. The van der Waals surface area contributed by atoms with Crippen molar-refractivity contribution in [3.05, 3.63) is 113 Å². The average molecular weight is 497 g/mol. The third kappa shape index (κ3) is 5.56. The number of aliphatic imine (C=N–C) groups is 1. The minimum atomic E-state index is -0.540. The number of amides is 1. The van der Waals surface area contributed by atoms with E-state index in [1.54, 1.807) is 18.9 Å². The SMILES string of the molecule is CCOC(=O)C1=C(C)NC(N(C=O)c2ccccc2)=C(C(=NC)NC2=CCCC=C2)C1c1ccccc1. The second kappa shape index (κ2) is 12.0. The summed E-state index contributed by atoms with van der Waals surface area (Å²) >= 11 is 0. The molecule has 7 nitrogen and oxygen atoms in total. The fraction of sp³-hybridized carbons (Fsp3) is 0.233. The molecule has 2 N–H and O–H groups in total. The third-order valence-electron chi connectivity index (χ3n) is 6.29. The van der Waals surface area contributed by atoms with E-state index in [0.717, 1.165) is 30.5 Å². The first-order chi connectivity index (χ1) is 18.1. The van der Waals surface area contributed by atoms with Gasteiger partial charge in [0.1, 0.15) is 11.7 Å². The number of carbonyl (C=O) groups excluding carboxylic acids is 2. The molecule has 1 heterocycles. The third-order valence-corrected chi connectivity index (χ3v) is 6.29. The molecule has 0 saturated carbocycles. The zero-order valence-corrected chi connectivity index (χ0v) is 21.4. The number of hydrogen-bond donors (Lipinski definition) is 2. The highest BCUT2D eigenvalue weighted by molar-refractivity contribution is 6.07.